The van der Waals surface area contributed by atoms with E-state index in [1.807, 2.05) is 12.2 Å². The van der Waals surface area contributed by atoms with E-state index in [-0.39, 0.29) is 11.3 Å². The fourth-order valence-electron chi connectivity index (χ4n) is 1.47. The van der Waals surface area contributed by atoms with Crippen molar-refractivity contribution in [1.82, 2.24) is 10.6 Å². The highest BCUT2D eigenvalue weighted by Gasteiger charge is 2.16. The van der Waals surface area contributed by atoms with Crippen molar-refractivity contribution in [2.45, 2.75) is 13.3 Å². The summed E-state index contributed by atoms with van der Waals surface area (Å²) in [6, 6.07) is 3.36. The van der Waals surface area contributed by atoms with Crippen LogP contribution in [0.25, 0.3) is 0 Å². The van der Waals surface area contributed by atoms with Crippen LogP contribution in [-0.2, 0) is 9.53 Å². The Hall–Kier alpha value is -2.77. The minimum absolute atomic E-state index is 0.107. The van der Waals surface area contributed by atoms with Gasteiger partial charge < -0.3 is 19.9 Å². The van der Waals surface area contributed by atoms with Gasteiger partial charge in [-0.3, -0.25) is 10.1 Å². The van der Waals surface area contributed by atoms with Gasteiger partial charge in [-0.05, 0) is 18.6 Å². The number of benzene rings is 1. The average molecular weight is 310 g/mol. The molecule has 120 valence electrons. The lowest BCUT2D eigenvalue weighted by atomic mass is 10.2. The van der Waals surface area contributed by atoms with E-state index in [0.717, 1.165) is 6.42 Å². The van der Waals surface area contributed by atoms with Crippen LogP contribution in [0.2, 0.25) is 0 Å². The molecule has 22 heavy (non-hydrogen) atoms. The SMILES string of the molecule is CCCNC(=O)NC(=O)COC(=O)c1ccc(OC)cc1O. The normalized spacial score (nSPS) is 9.73. The number of carbonyl (C=O) groups excluding carboxylic acids is 3. The smallest absolute Gasteiger partial charge is 0.342 e. The molecule has 1 aromatic carbocycles. The summed E-state index contributed by atoms with van der Waals surface area (Å²) in [6.07, 6.45) is 0.730. The molecule has 0 aliphatic rings. The fraction of sp³-hybridized carbons (Fsp3) is 0.357. The van der Waals surface area contributed by atoms with Crippen LogP contribution in [0.3, 0.4) is 0 Å². The molecule has 0 fully saturated rings. The number of rotatable bonds is 6. The first-order chi connectivity index (χ1) is 10.5. The number of hydrogen-bond acceptors (Lipinski definition) is 6. The highest BCUT2D eigenvalue weighted by Crippen LogP contribution is 2.23. The van der Waals surface area contributed by atoms with Crippen LogP contribution in [0.1, 0.15) is 23.7 Å². The largest absolute Gasteiger partial charge is 0.507 e. The molecule has 0 aromatic heterocycles. The van der Waals surface area contributed by atoms with Gasteiger partial charge in [-0.1, -0.05) is 6.92 Å². The molecule has 0 spiro atoms. The van der Waals surface area contributed by atoms with Crippen molar-refractivity contribution in [3.8, 4) is 11.5 Å². The third kappa shape index (κ3) is 5.31. The Morgan fingerprint density at radius 1 is 1.27 bits per heavy atom. The highest BCUT2D eigenvalue weighted by molar-refractivity contribution is 5.97. The number of amides is 3. The molecule has 1 aromatic rings. The monoisotopic (exact) mass is 310 g/mol. The fourth-order valence-corrected chi connectivity index (χ4v) is 1.47. The molecule has 1 rings (SSSR count). The van der Waals surface area contributed by atoms with Gasteiger partial charge in [0.2, 0.25) is 0 Å². The van der Waals surface area contributed by atoms with Crippen LogP contribution in [0.4, 0.5) is 4.79 Å². The zero-order valence-corrected chi connectivity index (χ0v) is 12.3. The number of urea groups is 1. The summed E-state index contributed by atoms with van der Waals surface area (Å²) in [5, 5.41) is 14.1. The van der Waals surface area contributed by atoms with Crippen LogP contribution in [-0.4, -0.2) is 43.3 Å². The number of esters is 1. The molecular formula is C14H18N2O6. The summed E-state index contributed by atoms with van der Waals surface area (Å²) < 4.78 is 9.60. The number of phenols is 1. The summed E-state index contributed by atoms with van der Waals surface area (Å²) in [7, 11) is 1.42. The maximum Gasteiger partial charge on any atom is 0.342 e. The van der Waals surface area contributed by atoms with Gasteiger partial charge in [0.1, 0.15) is 17.1 Å². The van der Waals surface area contributed by atoms with Gasteiger partial charge >= 0.3 is 12.0 Å². The summed E-state index contributed by atoms with van der Waals surface area (Å²) in [6.45, 7) is 1.66. The maximum atomic E-state index is 11.7. The highest BCUT2D eigenvalue weighted by atomic mass is 16.5. The van der Waals surface area contributed by atoms with Crippen molar-refractivity contribution in [1.29, 1.82) is 0 Å². The second-order valence-electron chi connectivity index (χ2n) is 4.26. The number of carbonyl (C=O) groups is 3. The van der Waals surface area contributed by atoms with E-state index in [1.165, 1.54) is 25.3 Å². The lowest BCUT2D eigenvalue weighted by molar-refractivity contribution is -0.123. The maximum absolute atomic E-state index is 11.7. The quantitative estimate of drug-likeness (QED) is 0.669. The molecule has 0 saturated carbocycles. The Balaban J connectivity index is 2.49. The minimum Gasteiger partial charge on any atom is -0.507 e. The summed E-state index contributed by atoms with van der Waals surface area (Å²) >= 11 is 0. The van der Waals surface area contributed by atoms with E-state index in [2.05, 4.69) is 5.32 Å². The lowest BCUT2D eigenvalue weighted by Gasteiger charge is -2.08. The topological polar surface area (TPSA) is 114 Å². The van der Waals surface area contributed by atoms with Gasteiger partial charge in [0.25, 0.3) is 5.91 Å². The van der Waals surface area contributed by atoms with Crippen LogP contribution in [0.15, 0.2) is 18.2 Å². The molecular weight excluding hydrogens is 292 g/mol. The molecule has 0 atom stereocenters. The number of phenolic OH excluding ortho intramolecular Hbond substituents is 1. The lowest BCUT2D eigenvalue weighted by Crippen LogP contribution is -2.41. The van der Waals surface area contributed by atoms with Crippen LogP contribution >= 0.6 is 0 Å². The Morgan fingerprint density at radius 3 is 2.59 bits per heavy atom. The zero-order chi connectivity index (χ0) is 16.5. The molecule has 0 aliphatic carbocycles. The number of methoxy groups -OCH3 is 1. The predicted octanol–water partition coefficient (Wildman–Crippen LogP) is 0.793. The summed E-state index contributed by atoms with van der Waals surface area (Å²) in [4.78, 5) is 34.3. The molecule has 3 N–H and O–H groups in total. The summed E-state index contributed by atoms with van der Waals surface area (Å²) in [5.74, 6) is -1.61. The Labute approximate surface area is 127 Å². The molecule has 8 nitrogen and oxygen atoms in total. The van der Waals surface area contributed by atoms with Crippen molar-refractivity contribution in [2.75, 3.05) is 20.3 Å². The average Bonchev–Trinajstić information content (AvgIpc) is 2.50. The van der Waals surface area contributed by atoms with Crippen molar-refractivity contribution in [3.05, 3.63) is 23.8 Å². The number of aromatic hydroxyl groups is 1. The first-order valence-corrected chi connectivity index (χ1v) is 6.59. The van der Waals surface area contributed by atoms with E-state index in [9.17, 15) is 19.5 Å². The third-order valence-electron chi connectivity index (χ3n) is 2.55. The first kappa shape index (κ1) is 17.3. The molecule has 0 heterocycles. The predicted molar refractivity (Wildman–Crippen MR) is 76.8 cm³/mol. The Kier molecular flexibility index (Phi) is 6.68. The van der Waals surface area contributed by atoms with Crippen molar-refractivity contribution >= 4 is 17.9 Å². The molecule has 0 aliphatic heterocycles. The van der Waals surface area contributed by atoms with Gasteiger partial charge in [-0.15, -0.1) is 0 Å². The van der Waals surface area contributed by atoms with E-state index < -0.39 is 24.5 Å². The number of hydrogen-bond donors (Lipinski definition) is 3. The second kappa shape index (κ2) is 8.50. The zero-order valence-electron chi connectivity index (χ0n) is 12.3. The van der Waals surface area contributed by atoms with Crippen molar-refractivity contribution < 1.29 is 29.0 Å². The van der Waals surface area contributed by atoms with Gasteiger partial charge in [-0.2, -0.15) is 0 Å². The van der Waals surface area contributed by atoms with Crippen LogP contribution in [0.5, 0.6) is 11.5 Å². The van der Waals surface area contributed by atoms with Crippen molar-refractivity contribution in [3.63, 3.8) is 0 Å². The summed E-state index contributed by atoms with van der Waals surface area (Å²) in [5.41, 5.74) is -0.107. The Morgan fingerprint density at radius 2 is 2.00 bits per heavy atom. The molecule has 0 unspecified atom stereocenters. The van der Waals surface area contributed by atoms with Crippen molar-refractivity contribution in [2.24, 2.45) is 0 Å². The van der Waals surface area contributed by atoms with Crippen LogP contribution < -0.4 is 15.4 Å². The third-order valence-corrected chi connectivity index (χ3v) is 2.55. The molecule has 3 amide bonds. The van der Waals surface area contributed by atoms with Gasteiger partial charge in [0.05, 0.1) is 7.11 Å². The van der Waals surface area contributed by atoms with Gasteiger partial charge in [0.15, 0.2) is 6.61 Å². The van der Waals surface area contributed by atoms with Crippen LogP contribution in [0, 0.1) is 0 Å². The van der Waals surface area contributed by atoms with Gasteiger partial charge in [0, 0.05) is 12.6 Å². The second-order valence-corrected chi connectivity index (χ2v) is 4.26. The number of imide groups is 1. The number of ether oxygens (including phenoxy) is 2. The van der Waals surface area contributed by atoms with E-state index >= 15 is 0 Å². The molecule has 0 bridgehead atoms. The Bertz CT molecular complexity index is 558. The van der Waals surface area contributed by atoms with Gasteiger partial charge in [-0.25, -0.2) is 9.59 Å². The molecule has 0 saturated heterocycles. The van der Waals surface area contributed by atoms with E-state index in [1.54, 1.807) is 0 Å². The first-order valence-electron chi connectivity index (χ1n) is 6.59. The standard InChI is InChI=1S/C14H18N2O6/c1-3-6-15-14(20)16-12(18)8-22-13(19)10-5-4-9(21-2)7-11(10)17/h4-5,7,17H,3,6,8H2,1-2H3,(H2,15,16,18,20). The molecule has 8 heteroatoms. The molecule has 0 radical (unpaired) electrons. The van der Waals surface area contributed by atoms with E-state index in [0.29, 0.717) is 12.3 Å². The van der Waals surface area contributed by atoms with E-state index in [4.69, 9.17) is 9.47 Å². The minimum atomic E-state index is -0.885. The number of nitrogens with one attached hydrogen (secondary N) is 2.